The Kier molecular flexibility index (Phi) is 6.40. The second-order valence-electron chi connectivity index (χ2n) is 5.27. The van der Waals surface area contributed by atoms with Crippen molar-refractivity contribution in [3.8, 4) is 6.07 Å². The van der Waals surface area contributed by atoms with Crippen LogP contribution in [0, 0.1) is 17.2 Å². The van der Waals surface area contributed by atoms with Crippen molar-refractivity contribution in [2.75, 3.05) is 0 Å². The molecular weight excluding hydrogens is 327 g/mol. The summed E-state index contributed by atoms with van der Waals surface area (Å²) in [5.41, 5.74) is -0.893. The molecule has 1 aromatic rings. The predicted octanol–water partition coefficient (Wildman–Crippen LogP) is 4.53. The zero-order valence-corrected chi connectivity index (χ0v) is 14.7. The summed E-state index contributed by atoms with van der Waals surface area (Å²) in [5, 5.41) is 12.7. The average Bonchev–Trinajstić information content (AvgIpc) is 2.42. The van der Waals surface area contributed by atoms with Gasteiger partial charge in [0.1, 0.15) is 5.54 Å². The number of hydrogen-bond donors (Lipinski definition) is 1. The first-order valence-electron chi connectivity index (χ1n) is 6.55. The number of nitriles is 1. The van der Waals surface area contributed by atoms with Gasteiger partial charge in [-0.05, 0) is 31.9 Å². The predicted molar refractivity (Wildman–Crippen MR) is 88.8 cm³/mol. The van der Waals surface area contributed by atoms with Gasteiger partial charge < -0.3 is 5.32 Å². The van der Waals surface area contributed by atoms with Crippen LogP contribution in [-0.4, -0.2) is 16.7 Å². The molecular formula is C15H18Cl2N2OS. The van der Waals surface area contributed by atoms with Gasteiger partial charge in [0, 0.05) is 4.90 Å². The Hall–Kier alpha value is -0.890. The van der Waals surface area contributed by atoms with E-state index in [9.17, 15) is 10.1 Å². The molecule has 0 spiro atoms. The van der Waals surface area contributed by atoms with Crippen molar-refractivity contribution in [2.45, 2.75) is 43.4 Å². The molecule has 0 aromatic heterocycles. The van der Waals surface area contributed by atoms with Gasteiger partial charge >= 0.3 is 0 Å². The Bertz CT molecular complexity index is 551. The SMILES string of the molecule is CC(C)[C@@](C)(C#N)NC(=O)[C@@H](C)Sc1c(Cl)cccc1Cl. The topological polar surface area (TPSA) is 52.9 Å². The van der Waals surface area contributed by atoms with Gasteiger partial charge in [-0.2, -0.15) is 5.26 Å². The summed E-state index contributed by atoms with van der Waals surface area (Å²) in [5.74, 6) is -0.207. The highest BCUT2D eigenvalue weighted by Gasteiger charge is 2.32. The first kappa shape index (κ1) is 18.2. The zero-order chi connectivity index (χ0) is 16.2. The molecule has 0 radical (unpaired) electrons. The standard InChI is InChI=1S/C15H18Cl2N2OS/c1-9(2)15(4,8-18)19-14(20)10(3)21-13-11(16)6-5-7-12(13)17/h5-7,9-10H,1-4H3,(H,19,20)/t10-,15-/m1/s1. The van der Waals surface area contributed by atoms with Crippen molar-refractivity contribution >= 4 is 40.9 Å². The number of amides is 1. The number of benzene rings is 1. The normalized spacial score (nSPS) is 15.1. The van der Waals surface area contributed by atoms with Crippen LogP contribution in [0.3, 0.4) is 0 Å². The third kappa shape index (κ3) is 4.54. The number of nitrogens with zero attached hydrogens (tertiary/aromatic N) is 1. The van der Waals surface area contributed by atoms with E-state index in [4.69, 9.17) is 23.2 Å². The minimum Gasteiger partial charge on any atom is -0.337 e. The Labute approximate surface area is 140 Å². The summed E-state index contributed by atoms with van der Waals surface area (Å²) in [7, 11) is 0. The lowest BCUT2D eigenvalue weighted by atomic mass is 9.90. The van der Waals surface area contributed by atoms with Crippen molar-refractivity contribution in [3.63, 3.8) is 0 Å². The van der Waals surface area contributed by atoms with E-state index in [1.54, 1.807) is 32.0 Å². The van der Waals surface area contributed by atoms with E-state index in [0.29, 0.717) is 14.9 Å². The molecule has 0 aliphatic carbocycles. The highest BCUT2D eigenvalue weighted by molar-refractivity contribution is 8.00. The van der Waals surface area contributed by atoms with Gasteiger partial charge in [0.15, 0.2) is 0 Å². The van der Waals surface area contributed by atoms with Crippen LogP contribution in [0.1, 0.15) is 27.7 Å². The number of carbonyl (C=O) groups excluding carboxylic acids is 1. The summed E-state index contributed by atoms with van der Waals surface area (Å²) in [4.78, 5) is 13.0. The number of carbonyl (C=O) groups is 1. The van der Waals surface area contributed by atoms with Crippen LogP contribution in [0.4, 0.5) is 0 Å². The van der Waals surface area contributed by atoms with Crippen molar-refractivity contribution in [2.24, 2.45) is 5.92 Å². The maximum Gasteiger partial charge on any atom is 0.234 e. The minimum atomic E-state index is -0.893. The van der Waals surface area contributed by atoms with E-state index in [-0.39, 0.29) is 11.8 Å². The minimum absolute atomic E-state index is 0.00699. The Morgan fingerprint density at radius 3 is 2.29 bits per heavy atom. The van der Waals surface area contributed by atoms with Gasteiger partial charge in [-0.15, -0.1) is 11.8 Å². The van der Waals surface area contributed by atoms with Gasteiger partial charge in [0.25, 0.3) is 0 Å². The molecule has 21 heavy (non-hydrogen) atoms. The lowest BCUT2D eigenvalue weighted by Crippen LogP contribution is -2.51. The molecule has 0 saturated heterocycles. The highest BCUT2D eigenvalue weighted by Crippen LogP contribution is 2.36. The maximum atomic E-state index is 12.3. The monoisotopic (exact) mass is 344 g/mol. The summed E-state index contributed by atoms with van der Waals surface area (Å²) < 4.78 is 0. The smallest absolute Gasteiger partial charge is 0.234 e. The van der Waals surface area contributed by atoms with Crippen LogP contribution in [0.5, 0.6) is 0 Å². The van der Waals surface area contributed by atoms with Crippen molar-refractivity contribution in [1.29, 1.82) is 5.26 Å². The molecule has 0 unspecified atom stereocenters. The van der Waals surface area contributed by atoms with Gasteiger partial charge in [0.05, 0.1) is 21.4 Å². The molecule has 0 heterocycles. The molecule has 6 heteroatoms. The van der Waals surface area contributed by atoms with Gasteiger partial charge in [-0.1, -0.05) is 43.1 Å². The Morgan fingerprint density at radius 1 is 1.33 bits per heavy atom. The van der Waals surface area contributed by atoms with E-state index in [1.807, 2.05) is 13.8 Å². The molecule has 3 nitrogen and oxygen atoms in total. The second-order valence-corrected chi connectivity index (χ2v) is 7.43. The molecule has 1 N–H and O–H groups in total. The number of rotatable bonds is 5. The molecule has 0 bridgehead atoms. The van der Waals surface area contributed by atoms with Crippen molar-refractivity contribution in [1.82, 2.24) is 5.32 Å². The summed E-state index contributed by atoms with van der Waals surface area (Å²) in [6.45, 7) is 7.27. The van der Waals surface area contributed by atoms with E-state index in [0.717, 1.165) is 0 Å². The van der Waals surface area contributed by atoms with E-state index in [1.165, 1.54) is 11.8 Å². The fourth-order valence-electron chi connectivity index (χ4n) is 1.48. The summed E-state index contributed by atoms with van der Waals surface area (Å²) >= 11 is 13.5. The number of hydrogen-bond acceptors (Lipinski definition) is 3. The molecule has 2 atom stereocenters. The van der Waals surface area contributed by atoms with Crippen LogP contribution < -0.4 is 5.32 Å². The molecule has 1 aromatic carbocycles. The van der Waals surface area contributed by atoms with Gasteiger partial charge in [0.2, 0.25) is 5.91 Å². The zero-order valence-electron chi connectivity index (χ0n) is 12.4. The largest absolute Gasteiger partial charge is 0.337 e. The number of nitrogens with one attached hydrogen (secondary N) is 1. The summed E-state index contributed by atoms with van der Waals surface area (Å²) in [6.07, 6.45) is 0. The van der Waals surface area contributed by atoms with Crippen LogP contribution in [0.25, 0.3) is 0 Å². The van der Waals surface area contributed by atoms with E-state index in [2.05, 4.69) is 11.4 Å². The number of thioether (sulfide) groups is 1. The quantitative estimate of drug-likeness (QED) is 0.798. The Balaban J connectivity index is 2.83. The Morgan fingerprint density at radius 2 is 1.86 bits per heavy atom. The lowest BCUT2D eigenvalue weighted by Gasteiger charge is -2.28. The molecule has 114 valence electrons. The van der Waals surface area contributed by atoms with E-state index >= 15 is 0 Å². The molecule has 0 aliphatic heterocycles. The van der Waals surface area contributed by atoms with Crippen LogP contribution >= 0.6 is 35.0 Å². The first-order chi connectivity index (χ1) is 9.71. The maximum absolute atomic E-state index is 12.3. The fourth-order valence-corrected chi connectivity index (χ4v) is 3.03. The molecule has 0 aliphatic rings. The molecule has 1 amide bonds. The average molecular weight is 345 g/mol. The number of halogens is 2. The van der Waals surface area contributed by atoms with Crippen LogP contribution in [0.2, 0.25) is 10.0 Å². The second kappa shape index (κ2) is 7.40. The molecule has 0 fully saturated rings. The van der Waals surface area contributed by atoms with Gasteiger partial charge in [-0.25, -0.2) is 0 Å². The third-order valence-electron chi connectivity index (χ3n) is 3.35. The fraction of sp³-hybridized carbons (Fsp3) is 0.467. The summed E-state index contributed by atoms with van der Waals surface area (Å²) in [6, 6.07) is 7.37. The van der Waals surface area contributed by atoms with Crippen LogP contribution in [0.15, 0.2) is 23.1 Å². The lowest BCUT2D eigenvalue weighted by molar-refractivity contribution is -0.121. The van der Waals surface area contributed by atoms with Crippen molar-refractivity contribution < 1.29 is 4.79 Å². The highest BCUT2D eigenvalue weighted by atomic mass is 35.5. The van der Waals surface area contributed by atoms with Gasteiger partial charge in [-0.3, -0.25) is 4.79 Å². The third-order valence-corrected chi connectivity index (χ3v) is 5.45. The molecule has 1 rings (SSSR count). The first-order valence-corrected chi connectivity index (χ1v) is 8.18. The van der Waals surface area contributed by atoms with Crippen LogP contribution in [-0.2, 0) is 4.79 Å². The molecule has 0 saturated carbocycles. The van der Waals surface area contributed by atoms with Crippen molar-refractivity contribution in [3.05, 3.63) is 28.2 Å². The van der Waals surface area contributed by atoms with E-state index < -0.39 is 10.8 Å².